The lowest BCUT2D eigenvalue weighted by Gasteiger charge is -2.59. The van der Waals surface area contributed by atoms with Gasteiger partial charge in [0.2, 0.25) is 0 Å². The maximum atomic E-state index is 10.7. The normalized spacial score (nSPS) is 48.3. The van der Waals surface area contributed by atoms with Crippen LogP contribution in [0.1, 0.15) is 106 Å². The van der Waals surface area contributed by atoms with Crippen LogP contribution in [0, 0.1) is 40.4 Å². The zero-order valence-corrected chi connectivity index (χ0v) is 19.9. The summed E-state index contributed by atoms with van der Waals surface area (Å²) in [6.07, 6.45) is 14.5. The molecule has 4 aliphatic carbocycles. The van der Waals surface area contributed by atoms with E-state index in [1.165, 1.54) is 38.5 Å². The number of fused-ring (bicyclic) bond motifs is 5. The molecule has 2 unspecified atom stereocenters. The Morgan fingerprint density at radius 2 is 1.79 bits per heavy atom. The minimum atomic E-state index is -0.536. The molecular formula is C27H46O2. The third-order valence-electron chi connectivity index (χ3n) is 10.4. The van der Waals surface area contributed by atoms with Crippen LogP contribution < -0.4 is 0 Å². The highest BCUT2D eigenvalue weighted by atomic mass is 16.3. The average molecular weight is 403 g/mol. The minimum Gasteiger partial charge on any atom is -0.390 e. The molecule has 8 atom stereocenters. The van der Waals surface area contributed by atoms with Gasteiger partial charge in [0.25, 0.3) is 0 Å². The van der Waals surface area contributed by atoms with E-state index in [9.17, 15) is 10.2 Å². The summed E-state index contributed by atoms with van der Waals surface area (Å²) in [6, 6.07) is 0. The van der Waals surface area contributed by atoms with E-state index in [2.05, 4.69) is 26.8 Å². The van der Waals surface area contributed by atoms with Crippen molar-refractivity contribution >= 4 is 0 Å². The van der Waals surface area contributed by atoms with Crippen LogP contribution >= 0.6 is 0 Å². The molecule has 29 heavy (non-hydrogen) atoms. The Labute approximate surface area is 179 Å². The van der Waals surface area contributed by atoms with Gasteiger partial charge in [0.05, 0.1) is 11.2 Å². The molecule has 0 heterocycles. The molecule has 2 nitrogen and oxygen atoms in total. The maximum Gasteiger partial charge on any atom is 0.0657 e. The van der Waals surface area contributed by atoms with Crippen molar-refractivity contribution in [2.75, 3.05) is 0 Å². The summed E-state index contributed by atoms with van der Waals surface area (Å²) in [5.74, 6) is 4.07. The van der Waals surface area contributed by atoms with E-state index in [1.54, 1.807) is 5.57 Å². The summed E-state index contributed by atoms with van der Waals surface area (Å²) < 4.78 is 0. The smallest absolute Gasteiger partial charge is 0.0657 e. The van der Waals surface area contributed by atoms with E-state index in [-0.39, 0.29) is 0 Å². The van der Waals surface area contributed by atoms with Crippen LogP contribution in [-0.4, -0.2) is 21.4 Å². The Morgan fingerprint density at radius 1 is 1.07 bits per heavy atom. The molecule has 0 aromatic rings. The second-order valence-corrected chi connectivity index (χ2v) is 13.0. The van der Waals surface area contributed by atoms with Crippen LogP contribution in [0.3, 0.4) is 0 Å². The summed E-state index contributed by atoms with van der Waals surface area (Å²) in [5.41, 5.74) is 1.37. The lowest BCUT2D eigenvalue weighted by atomic mass is 9.46. The number of rotatable bonds is 4. The zero-order valence-electron chi connectivity index (χ0n) is 19.9. The minimum absolute atomic E-state index is 0.330. The van der Waals surface area contributed by atoms with Crippen molar-refractivity contribution in [3.8, 4) is 0 Å². The van der Waals surface area contributed by atoms with E-state index in [1.807, 2.05) is 20.8 Å². The highest BCUT2D eigenvalue weighted by molar-refractivity contribution is 5.26. The van der Waals surface area contributed by atoms with Gasteiger partial charge in [-0.15, -0.1) is 0 Å². The first-order valence-corrected chi connectivity index (χ1v) is 12.5. The Balaban J connectivity index is 1.53. The number of hydrogen-bond acceptors (Lipinski definition) is 2. The van der Waals surface area contributed by atoms with Crippen molar-refractivity contribution in [3.05, 3.63) is 11.6 Å². The molecular weight excluding hydrogens is 356 g/mol. The largest absolute Gasteiger partial charge is 0.390 e. The van der Waals surface area contributed by atoms with Crippen LogP contribution in [0.2, 0.25) is 0 Å². The van der Waals surface area contributed by atoms with Gasteiger partial charge in [-0.3, -0.25) is 0 Å². The second-order valence-electron chi connectivity index (χ2n) is 13.0. The van der Waals surface area contributed by atoms with Crippen molar-refractivity contribution in [3.63, 3.8) is 0 Å². The van der Waals surface area contributed by atoms with Crippen LogP contribution in [0.5, 0.6) is 0 Å². The predicted molar refractivity (Wildman–Crippen MR) is 121 cm³/mol. The molecule has 2 heteroatoms. The van der Waals surface area contributed by atoms with Crippen molar-refractivity contribution in [1.29, 1.82) is 0 Å². The van der Waals surface area contributed by atoms with E-state index < -0.39 is 11.2 Å². The first kappa shape index (κ1) is 21.9. The first-order valence-electron chi connectivity index (χ1n) is 12.5. The third-order valence-corrected chi connectivity index (χ3v) is 10.4. The summed E-state index contributed by atoms with van der Waals surface area (Å²) in [4.78, 5) is 0. The SMILES string of the molecule is C[C@H](CCC(C)(C)O)[C@H]1CC[C@H]2C3CC=C4C[C@@](C)(O)CC[C@]4(C)[C@H]3CCC12C. The van der Waals surface area contributed by atoms with E-state index in [0.29, 0.717) is 16.7 Å². The van der Waals surface area contributed by atoms with E-state index in [4.69, 9.17) is 0 Å². The monoisotopic (exact) mass is 402 g/mol. The van der Waals surface area contributed by atoms with Crippen molar-refractivity contribution in [2.45, 2.75) is 117 Å². The summed E-state index contributed by atoms with van der Waals surface area (Å²) in [5, 5.41) is 20.9. The van der Waals surface area contributed by atoms with Gasteiger partial charge in [0.15, 0.2) is 0 Å². The lowest BCUT2D eigenvalue weighted by molar-refractivity contribution is -0.0713. The molecule has 0 aromatic heterocycles. The predicted octanol–water partition coefficient (Wildman–Crippen LogP) is 6.50. The molecule has 3 saturated carbocycles. The van der Waals surface area contributed by atoms with E-state index >= 15 is 0 Å². The number of aliphatic hydroxyl groups is 2. The fraction of sp³-hybridized carbons (Fsp3) is 0.926. The lowest BCUT2D eigenvalue weighted by Crippen LogP contribution is -2.52. The molecule has 4 rings (SSSR count). The molecule has 4 aliphatic rings. The van der Waals surface area contributed by atoms with Crippen molar-refractivity contribution in [1.82, 2.24) is 0 Å². The van der Waals surface area contributed by atoms with Crippen LogP contribution in [0.25, 0.3) is 0 Å². The quantitative estimate of drug-likeness (QED) is 0.527. The standard InChI is InChI=1S/C27H46O2/c1-18(11-13-24(2,3)28)21-9-10-22-20-8-7-19-17-25(4,29)15-16-26(19,5)23(20)12-14-27(21,22)6/h7,18,20-23,28-29H,8-17H2,1-6H3/t18-,20?,21-,22+,23+,25+,26+,27?/m1/s1. The molecule has 0 aromatic carbocycles. The van der Waals surface area contributed by atoms with Gasteiger partial charge in [0, 0.05) is 0 Å². The molecule has 3 fully saturated rings. The van der Waals surface area contributed by atoms with Gasteiger partial charge in [-0.1, -0.05) is 32.4 Å². The Morgan fingerprint density at radius 3 is 2.48 bits per heavy atom. The molecule has 0 bridgehead atoms. The molecule has 0 saturated heterocycles. The Kier molecular flexibility index (Phi) is 5.35. The molecule has 0 aliphatic heterocycles. The fourth-order valence-corrected chi connectivity index (χ4v) is 8.56. The van der Waals surface area contributed by atoms with Crippen molar-refractivity contribution in [2.24, 2.45) is 40.4 Å². The average Bonchev–Trinajstić information content (AvgIpc) is 2.97. The van der Waals surface area contributed by atoms with Gasteiger partial charge < -0.3 is 10.2 Å². The van der Waals surface area contributed by atoms with E-state index in [0.717, 1.165) is 49.4 Å². The maximum absolute atomic E-state index is 10.7. The molecule has 0 amide bonds. The van der Waals surface area contributed by atoms with Gasteiger partial charge in [-0.05, 0) is 125 Å². The third kappa shape index (κ3) is 3.75. The zero-order chi connectivity index (χ0) is 21.2. The van der Waals surface area contributed by atoms with Crippen LogP contribution in [0.4, 0.5) is 0 Å². The summed E-state index contributed by atoms with van der Waals surface area (Å²) in [7, 11) is 0. The van der Waals surface area contributed by atoms with Gasteiger partial charge in [-0.2, -0.15) is 0 Å². The molecule has 0 radical (unpaired) electrons. The van der Waals surface area contributed by atoms with Crippen LogP contribution in [-0.2, 0) is 0 Å². The fourth-order valence-electron chi connectivity index (χ4n) is 8.56. The highest BCUT2D eigenvalue weighted by Crippen LogP contribution is 2.67. The van der Waals surface area contributed by atoms with Crippen LogP contribution in [0.15, 0.2) is 11.6 Å². The Bertz CT molecular complexity index is 656. The highest BCUT2D eigenvalue weighted by Gasteiger charge is 2.59. The Hall–Kier alpha value is -0.340. The van der Waals surface area contributed by atoms with Gasteiger partial charge >= 0.3 is 0 Å². The molecule has 0 spiro atoms. The topological polar surface area (TPSA) is 40.5 Å². The number of hydrogen-bond donors (Lipinski definition) is 2. The summed E-state index contributed by atoms with van der Waals surface area (Å²) >= 11 is 0. The van der Waals surface area contributed by atoms with Gasteiger partial charge in [-0.25, -0.2) is 0 Å². The number of allylic oxidation sites excluding steroid dienone is 1. The molecule has 2 N–H and O–H groups in total. The first-order chi connectivity index (χ1) is 13.4. The van der Waals surface area contributed by atoms with Gasteiger partial charge in [0.1, 0.15) is 0 Å². The summed E-state index contributed by atoms with van der Waals surface area (Å²) in [6.45, 7) is 13.6. The second kappa shape index (κ2) is 7.09. The van der Waals surface area contributed by atoms with Crippen molar-refractivity contribution < 1.29 is 10.2 Å². The molecule has 166 valence electrons.